The van der Waals surface area contributed by atoms with Crippen LogP contribution in [0, 0.1) is 5.41 Å². The molecule has 3 heteroatoms. The maximum Gasteiger partial charge on any atom is 0.151 e. The van der Waals surface area contributed by atoms with Gasteiger partial charge in [0.1, 0.15) is 0 Å². The van der Waals surface area contributed by atoms with Crippen LogP contribution in [0.25, 0.3) is 0 Å². The van der Waals surface area contributed by atoms with Crippen LogP contribution >= 0.6 is 11.8 Å². The van der Waals surface area contributed by atoms with Crippen LogP contribution in [0.1, 0.15) is 0 Å². The maximum atomic E-state index is 7.07. The number of hydrogen-bond acceptors (Lipinski definition) is 2. The van der Waals surface area contributed by atoms with E-state index in [1.54, 1.807) is 0 Å². The molecule has 68 valence electrons. The normalized spacial score (nSPS) is 26.3. The molecule has 0 saturated heterocycles. The lowest BCUT2D eigenvalue weighted by Gasteiger charge is -1.99. The van der Waals surface area contributed by atoms with E-state index in [1.807, 2.05) is 42.5 Å². The number of rotatable bonds is 2. The maximum absolute atomic E-state index is 7.07. The zero-order valence-corrected chi connectivity index (χ0v) is 8.05. The summed E-state index contributed by atoms with van der Waals surface area (Å²) in [7, 11) is 0. The standard InChI is InChI=1S/C10H12N2S/c11-10(12)13-8-9-6-4-2-1-3-5-7-9/h1-7H,8H2,(H3,11,12)/b2-1-,3-1?,4-2?,5-3-,6-4-,7-5?,9-6?,9-7+. The van der Waals surface area contributed by atoms with Gasteiger partial charge in [0.15, 0.2) is 5.17 Å². The van der Waals surface area contributed by atoms with Gasteiger partial charge in [-0.3, -0.25) is 5.41 Å². The van der Waals surface area contributed by atoms with Gasteiger partial charge in [0, 0.05) is 5.75 Å². The lowest BCUT2D eigenvalue weighted by atomic mass is 10.2. The molecule has 1 rings (SSSR count). The number of amidine groups is 1. The summed E-state index contributed by atoms with van der Waals surface area (Å²) >= 11 is 1.34. The number of thioether (sulfide) groups is 1. The molecule has 0 atom stereocenters. The van der Waals surface area contributed by atoms with E-state index in [9.17, 15) is 0 Å². The van der Waals surface area contributed by atoms with E-state index >= 15 is 0 Å². The second kappa shape index (κ2) is 5.43. The zero-order chi connectivity index (χ0) is 9.52. The van der Waals surface area contributed by atoms with Crippen molar-refractivity contribution >= 4 is 16.9 Å². The lowest BCUT2D eigenvalue weighted by Crippen LogP contribution is -2.04. The Balaban J connectivity index is 2.53. The van der Waals surface area contributed by atoms with Gasteiger partial charge in [-0.15, -0.1) is 0 Å². The molecular formula is C10H12N2S. The number of nitrogens with two attached hydrogens (primary N) is 1. The Hall–Kier alpha value is -1.22. The quantitative estimate of drug-likeness (QED) is 0.520. The van der Waals surface area contributed by atoms with Crippen LogP contribution in [0.2, 0.25) is 0 Å². The molecule has 0 unspecified atom stereocenters. The molecule has 3 N–H and O–H groups in total. The van der Waals surface area contributed by atoms with Crippen molar-refractivity contribution < 1.29 is 0 Å². The largest absolute Gasteiger partial charge is 0.379 e. The number of nitrogens with one attached hydrogen (secondary N) is 1. The smallest absolute Gasteiger partial charge is 0.151 e. The van der Waals surface area contributed by atoms with Crippen molar-refractivity contribution in [2.24, 2.45) is 5.73 Å². The highest BCUT2D eigenvalue weighted by Gasteiger charge is 1.94. The molecular weight excluding hydrogens is 180 g/mol. The summed E-state index contributed by atoms with van der Waals surface area (Å²) in [6.45, 7) is 0. The molecule has 2 nitrogen and oxygen atoms in total. The van der Waals surface area contributed by atoms with E-state index in [0.717, 1.165) is 5.75 Å². The van der Waals surface area contributed by atoms with E-state index in [-0.39, 0.29) is 5.17 Å². The monoisotopic (exact) mass is 192 g/mol. The minimum Gasteiger partial charge on any atom is -0.379 e. The predicted molar refractivity (Wildman–Crippen MR) is 59.9 cm³/mol. The molecule has 0 aliphatic heterocycles. The molecule has 0 spiro atoms. The Kier molecular flexibility index (Phi) is 4.12. The van der Waals surface area contributed by atoms with Crippen molar-refractivity contribution in [1.29, 1.82) is 5.41 Å². The first-order valence-corrected chi connectivity index (χ1v) is 4.95. The Morgan fingerprint density at radius 3 is 2.69 bits per heavy atom. The van der Waals surface area contributed by atoms with Crippen LogP contribution in [0.3, 0.4) is 0 Å². The van der Waals surface area contributed by atoms with Gasteiger partial charge in [-0.05, 0) is 5.57 Å². The molecule has 0 radical (unpaired) electrons. The van der Waals surface area contributed by atoms with E-state index in [1.165, 1.54) is 17.3 Å². The summed E-state index contributed by atoms with van der Waals surface area (Å²) in [4.78, 5) is 0. The average Bonchev–Trinajstić information content (AvgIpc) is 2.01. The lowest BCUT2D eigenvalue weighted by molar-refractivity contribution is 1.49. The summed E-state index contributed by atoms with van der Waals surface area (Å²) < 4.78 is 0. The summed E-state index contributed by atoms with van der Waals surface area (Å²) in [6, 6.07) is 0. The molecule has 0 bridgehead atoms. The van der Waals surface area contributed by atoms with Gasteiger partial charge in [-0.2, -0.15) is 0 Å². The van der Waals surface area contributed by atoms with Crippen molar-refractivity contribution in [2.75, 3.05) is 5.75 Å². The van der Waals surface area contributed by atoms with Crippen molar-refractivity contribution in [3.8, 4) is 0 Å². The SMILES string of the molecule is N=C(N)SCC1=C/C=C\C=C/C=C\1. The number of allylic oxidation sites excluding steroid dienone is 7. The van der Waals surface area contributed by atoms with Gasteiger partial charge < -0.3 is 5.73 Å². The molecule has 0 fully saturated rings. The molecule has 0 amide bonds. The minimum atomic E-state index is 0.163. The molecule has 0 aromatic heterocycles. The number of hydrogen-bond donors (Lipinski definition) is 2. The highest BCUT2D eigenvalue weighted by molar-refractivity contribution is 8.13. The van der Waals surface area contributed by atoms with Gasteiger partial charge in [0.2, 0.25) is 0 Å². The van der Waals surface area contributed by atoms with E-state index < -0.39 is 0 Å². The third-order valence-electron chi connectivity index (χ3n) is 1.46. The fraction of sp³-hybridized carbons (Fsp3) is 0.100. The van der Waals surface area contributed by atoms with Crippen molar-refractivity contribution in [3.63, 3.8) is 0 Å². The van der Waals surface area contributed by atoms with Crippen LogP contribution < -0.4 is 5.73 Å². The van der Waals surface area contributed by atoms with E-state index in [4.69, 9.17) is 11.1 Å². The van der Waals surface area contributed by atoms with Gasteiger partial charge in [-0.1, -0.05) is 54.3 Å². The molecule has 0 heterocycles. The second-order valence-corrected chi connectivity index (χ2v) is 3.54. The summed E-state index contributed by atoms with van der Waals surface area (Å²) in [5, 5.41) is 7.23. The second-order valence-electron chi connectivity index (χ2n) is 2.52. The van der Waals surface area contributed by atoms with E-state index in [0.29, 0.717) is 0 Å². The predicted octanol–water partition coefficient (Wildman–Crippen LogP) is 2.22. The van der Waals surface area contributed by atoms with Crippen LogP contribution in [-0.2, 0) is 0 Å². The van der Waals surface area contributed by atoms with Gasteiger partial charge in [0.05, 0.1) is 0 Å². The Labute approximate surface area is 82.4 Å². The van der Waals surface area contributed by atoms with Crippen molar-refractivity contribution in [1.82, 2.24) is 0 Å². The van der Waals surface area contributed by atoms with Crippen LogP contribution in [0.15, 0.2) is 48.1 Å². The highest BCUT2D eigenvalue weighted by Crippen LogP contribution is 2.09. The first-order chi connectivity index (χ1) is 6.29. The Morgan fingerprint density at radius 1 is 1.23 bits per heavy atom. The van der Waals surface area contributed by atoms with Crippen molar-refractivity contribution in [2.45, 2.75) is 0 Å². The topological polar surface area (TPSA) is 49.9 Å². The summed E-state index contributed by atoms with van der Waals surface area (Å²) in [5.41, 5.74) is 6.41. The minimum absolute atomic E-state index is 0.163. The average molecular weight is 192 g/mol. The molecule has 1 aliphatic rings. The fourth-order valence-electron chi connectivity index (χ4n) is 0.864. The van der Waals surface area contributed by atoms with E-state index in [2.05, 4.69) is 0 Å². The zero-order valence-electron chi connectivity index (χ0n) is 7.23. The third-order valence-corrected chi connectivity index (χ3v) is 2.25. The third kappa shape index (κ3) is 4.38. The highest BCUT2D eigenvalue weighted by atomic mass is 32.2. The molecule has 0 aromatic carbocycles. The van der Waals surface area contributed by atoms with Gasteiger partial charge in [-0.25, -0.2) is 0 Å². The fourth-order valence-corrected chi connectivity index (χ4v) is 1.38. The van der Waals surface area contributed by atoms with Crippen LogP contribution in [0.5, 0.6) is 0 Å². The molecule has 0 aromatic rings. The Bertz CT molecular complexity index is 298. The Morgan fingerprint density at radius 2 is 1.92 bits per heavy atom. The molecule has 13 heavy (non-hydrogen) atoms. The molecule has 0 saturated carbocycles. The van der Waals surface area contributed by atoms with Gasteiger partial charge in [0.25, 0.3) is 0 Å². The van der Waals surface area contributed by atoms with Crippen molar-refractivity contribution in [3.05, 3.63) is 48.1 Å². The van der Waals surface area contributed by atoms with Gasteiger partial charge >= 0.3 is 0 Å². The van der Waals surface area contributed by atoms with Crippen LogP contribution in [0.4, 0.5) is 0 Å². The first-order valence-electron chi connectivity index (χ1n) is 3.96. The van der Waals surface area contributed by atoms with Crippen LogP contribution in [-0.4, -0.2) is 10.9 Å². The summed E-state index contributed by atoms with van der Waals surface area (Å²) in [6.07, 6.45) is 13.9. The first kappa shape index (κ1) is 9.86. The summed E-state index contributed by atoms with van der Waals surface area (Å²) in [5.74, 6) is 0.754. The molecule has 1 aliphatic carbocycles.